The summed E-state index contributed by atoms with van der Waals surface area (Å²) in [4.78, 5) is 54.2. The van der Waals surface area contributed by atoms with Crippen LogP contribution in [-0.4, -0.2) is 105 Å². The Labute approximate surface area is 360 Å². The van der Waals surface area contributed by atoms with Crippen molar-refractivity contribution in [1.29, 1.82) is 0 Å². The Hall–Kier alpha value is -3.74. The second-order valence-electron chi connectivity index (χ2n) is 17.3. The number of carboxylic acids is 1. The van der Waals surface area contributed by atoms with Gasteiger partial charge in [0.1, 0.15) is 18.4 Å². The van der Waals surface area contributed by atoms with E-state index in [0.29, 0.717) is 36.9 Å². The van der Waals surface area contributed by atoms with Gasteiger partial charge in [0.25, 0.3) is 5.91 Å². The lowest BCUT2D eigenvalue weighted by molar-refractivity contribution is -0.198. The van der Waals surface area contributed by atoms with Crippen molar-refractivity contribution in [3.63, 3.8) is 0 Å². The number of rotatable bonds is 26. The average Bonchev–Trinajstić information content (AvgIpc) is 3.69. The fourth-order valence-electron chi connectivity index (χ4n) is 6.89. The van der Waals surface area contributed by atoms with Gasteiger partial charge in [0.2, 0.25) is 5.91 Å². The van der Waals surface area contributed by atoms with Crippen molar-refractivity contribution < 1.29 is 52.8 Å². The molecule has 338 valence electrons. The molecule has 0 bridgehead atoms. The number of carbonyl (C=O) groups excluding carboxylic acids is 3. The lowest BCUT2D eigenvalue weighted by Crippen LogP contribution is -2.57. The highest BCUT2D eigenvalue weighted by atomic mass is 28.4. The van der Waals surface area contributed by atoms with Crippen LogP contribution in [0.3, 0.4) is 0 Å². The highest BCUT2D eigenvalue weighted by Gasteiger charge is 2.48. The van der Waals surface area contributed by atoms with Gasteiger partial charge in [-0.2, -0.15) is 0 Å². The number of hydrogen-bond donors (Lipinski definition) is 3. The van der Waals surface area contributed by atoms with Gasteiger partial charge in [-0.25, -0.2) is 14.5 Å². The third-order valence-electron chi connectivity index (χ3n) is 11.9. The topological polar surface area (TPSA) is 170 Å². The van der Waals surface area contributed by atoms with Gasteiger partial charge >= 0.3 is 12.1 Å². The van der Waals surface area contributed by atoms with Crippen molar-refractivity contribution in [1.82, 2.24) is 10.2 Å². The molecule has 1 unspecified atom stereocenters. The second-order valence-corrected chi connectivity index (χ2v) is 22.2. The van der Waals surface area contributed by atoms with Crippen LogP contribution in [0.15, 0.2) is 36.4 Å². The molecule has 1 fully saturated rings. The van der Waals surface area contributed by atoms with Gasteiger partial charge in [-0.3, -0.25) is 9.59 Å². The quantitative estimate of drug-likeness (QED) is 0.0357. The van der Waals surface area contributed by atoms with Gasteiger partial charge in [0, 0.05) is 38.8 Å². The summed E-state index contributed by atoms with van der Waals surface area (Å²) >= 11 is 0. The Morgan fingerprint density at radius 2 is 1.68 bits per heavy atom. The van der Waals surface area contributed by atoms with Crippen LogP contribution in [0.5, 0.6) is 5.75 Å². The molecule has 13 nitrogen and oxygen atoms in total. The van der Waals surface area contributed by atoms with Crippen molar-refractivity contribution in [2.75, 3.05) is 40.6 Å². The Balaban J connectivity index is 2.32. The van der Waals surface area contributed by atoms with Crippen molar-refractivity contribution in [2.24, 2.45) is 11.8 Å². The predicted molar refractivity (Wildman–Crippen MR) is 235 cm³/mol. The third kappa shape index (κ3) is 15.9. The van der Waals surface area contributed by atoms with Crippen LogP contribution in [0.4, 0.5) is 4.79 Å². The monoisotopic (exact) mass is 859 g/mol. The molecule has 60 heavy (non-hydrogen) atoms. The van der Waals surface area contributed by atoms with Crippen molar-refractivity contribution in [2.45, 2.75) is 154 Å². The number of methoxy groups -OCH3 is 1. The fraction of sp³-hybridized carbons (Fsp3) is 0.696. The smallest absolute Gasteiger partial charge is 0.416 e. The number of carbonyl (C=O) groups is 4. The molecule has 1 heterocycles. The molecule has 1 aromatic carbocycles. The van der Waals surface area contributed by atoms with Gasteiger partial charge in [-0.1, -0.05) is 96.9 Å². The molecule has 0 aliphatic carbocycles. The minimum Gasteiger partial charge on any atom is -0.481 e. The van der Waals surface area contributed by atoms with E-state index in [-0.39, 0.29) is 31.1 Å². The molecule has 1 aliphatic rings. The first-order valence-corrected chi connectivity index (χ1v) is 24.5. The lowest BCUT2D eigenvalue weighted by atomic mass is 9.83. The van der Waals surface area contributed by atoms with E-state index in [4.69, 9.17) is 23.4 Å². The maximum atomic E-state index is 14.3. The SMILES string of the molecule is CC#CCOc1ccc(C[C@H](NC(=O)[C@@H](/C=C/CCCCCCC2(C(C)CCCCC)OCCO2)[C@@](O)(CCO[Si](C)(C)C(C)(C)C)C(=O)O)C(=O)N(C)C(=O)OC)cc1. The molecule has 2 rings (SSSR count). The minimum atomic E-state index is -2.59. The molecular formula is C46H74N2O11Si. The molecule has 0 spiro atoms. The second kappa shape index (κ2) is 25.3. The first kappa shape index (κ1) is 52.4. The first-order valence-electron chi connectivity index (χ1n) is 21.6. The summed E-state index contributed by atoms with van der Waals surface area (Å²) in [6.45, 7) is 17.6. The number of ether oxygens (including phenoxy) is 4. The summed E-state index contributed by atoms with van der Waals surface area (Å²) in [7, 11) is 0.00742. The molecule has 1 saturated heterocycles. The minimum absolute atomic E-state index is 0.0632. The van der Waals surface area contributed by atoms with Crippen LogP contribution in [0.25, 0.3) is 0 Å². The van der Waals surface area contributed by atoms with E-state index >= 15 is 0 Å². The molecule has 1 aromatic rings. The van der Waals surface area contributed by atoms with Crippen LogP contribution in [-0.2, 0) is 39.4 Å². The summed E-state index contributed by atoms with van der Waals surface area (Å²) in [6.07, 6.45) is 11.2. The summed E-state index contributed by atoms with van der Waals surface area (Å²) < 4.78 is 28.9. The molecular weight excluding hydrogens is 785 g/mol. The number of likely N-dealkylation sites (N-methyl/N-ethyl adjacent to an activating group) is 1. The van der Waals surface area contributed by atoms with E-state index < -0.39 is 55.5 Å². The van der Waals surface area contributed by atoms with Crippen LogP contribution in [0, 0.1) is 23.7 Å². The number of aliphatic carboxylic acids is 1. The van der Waals surface area contributed by atoms with Gasteiger partial charge in [-0.15, -0.1) is 5.92 Å². The molecule has 1 aliphatic heterocycles. The van der Waals surface area contributed by atoms with Gasteiger partial charge in [-0.05, 0) is 68.4 Å². The zero-order valence-corrected chi connectivity index (χ0v) is 39.0. The number of unbranched alkanes of at least 4 members (excludes halogenated alkanes) is 6. The zero-order valence-electron chi connectivity index (χ0n) is 38.0. The Morgan fingerprint density at radius 1 is 1.03 bits per heavy atom. The molecule has 0 radical (unpaired) electrons. The lowest BCUT2D eigenvalue weighted by Gasteiger charge is -2.37. The number of amides is 3. The summed E-state index contributed by atoms with van der Waals surface area (Å²) in [6, 6.07) is 5.48. The Bertz CT molecular complexity index is 1590. The molecule has 4 atom stereocenters. The molecule has 14 heteroatoms. The number of benzene rings is 1. The Morgan fingerprint density at radius 3 is 2.27 bits per heavy atom. The molecule has 0 saturated carbocycles. The van der Waals surface area contributed by atoms with Gasteiger partial charge in [0.15, 0.2) is 19.7 Å². The fourth-order valence-corrected chi connectivity index (χ4v) is 7.94. The maximum Gasteiger partial charge on any atom is 0.416 e. The first-order chi connectivity index (χ1) is 28.3. The van der Waals surface area contributed by atoms with Crippen LogP contribution >= 0.6 is 0 Å². The number of carboxylic acid groups (broad SMARTS) is 1. The summed E-state index contributed by atoms with van der Waals surface area (Å²) in [5, 5.41) is 25.0. The number of imide groups is 1. The standard InChI is InChI=1S/C46H74N2O11Si/c1-11-13-19-22-35(3)46(57-32-33-58-46)28-21-18-16-15-17-20-23-38(45(54,42(51)52)29-31-59-60(9,10)44(4,5)6)40(49)47-39(41(50)48(7)43(53)55-8)34-36-24-26-37(27-25-36)56-30-14-12-2/h20,23-27,35,38-39,54H,11,13,15-19,21-22,28-34H2,1-10H3,(H,47,49)(H,51,52)/b23-20+/t35?,38-,39+,45+/m1/s1. The molecule has 0 aromatic heterocycles. The number of nitrogens with one attached hydrogen (secondary N) is 1. The van der Waals surface area contributed by atoms with E-state index in [1.165, 1.54) is 26.0 Å². The normalized spacial score (nSPS) is 16.5. The van der Waals surface area contributed by atoms with E-state index in [2.05, 4.69) is 51.8 Å². The van der Waals surface area contributed by atoms with Crippen LogP contribution in [0.1, 0.15) is 118 Å². The number of aliphatic hydroxyl groups is 1. The van der Waals surface area contributed by atoms with E-state index in [9.17, 15) is 29.4 Å². The average molecular weight is 859 g/mol. The summed E-state index contributed by atoms with van der Waals surface area (Å²) in [5.41, 5.74) is -1.97. The zero-order chi connectivity index (χ0) is 45.0. The van der Waals surface area contributed by atoms with Crippen LogP contribution < -0.4 is 10.1 Å². The van der Waals surface area contributed by atoms with Crippen LogP contribution in [0.2, 0.25) is 18.1 Å². The third-order valence-corrected chi connectivity index (χ3v) is 16.4. The molecule has 3 amide bonds. The van der Waals surface area contributed by atoms with Crippen molar-refractivity contribution >= 4 is 32.2 Å². The highest BCUT2D eigenvalue weighted by molar-refractivity contribution is 6.74. The summed E-state index contributed by atoms with van der Waals surface area (Å²) in [5.74, 6) is 1.00. The largest absolute Gasteiger partial charge is 0.481 e. The number of hydrogen-bond acceptors (Lipinski definition) is 10. The Kier molecular flexibility index (Phi) is 22.1. The van der Waals surface area contributed by atoms with Gasteiger partial charge < -0.3 is 38.9 Å². The van der Waals surface area contributed by atoms with Crippen molar-refractivity contribution in [3.05, 3.63) is 42.0 Å². The number of allylic oxidation sites excluding steroid dienone is 1. The van der Waals surface area contributed by atoms with E-state index in [0.717, 1.165) is 57.0 Å². The predicted octanol–water partition coefficient (Wildman–Crippen LogP) is 8.04. The van der Waals surface area contributed by atoms with Gasteiger partial charge in [0.05, 0.1) is 26.2 Å². The number of nitrogens with zero attached hydrogens (tertiary/aromatic N) is 1. The van der Waals surface area contributed by atoms with E-state index in [1.54, 1.807) is 37.3 Å². The molecule has 3 N–H and O–H groups in total. The van der Waals surface area contributed by atoms with Crippen molar-refractivity contribution in [3.8, 4) is 17.6 Å². The van der Waals surface area contributed by atoms with E-state index in [1.807, 2.05) is 13.1 Å². The maximum absolute atomic E-state index is 14.3. The highest BCUT2D eigenvalue weighted by Crippen LogP contribution is 2.38.